The predicted molar refractivity (Wildman–Crippen MR) is 67.1 cm³/mol. The van der Waals surface area contributed by atoms with Crippen LogP contribution in [0.5, 0.6) is 5.75 Å². The van der Waals surface area contributed by atoms with Gasteiger partial charge in [0.2, 0.25) is 0 Å². The summed E-state index contributed by atoms with van der Waals surface area (Å²) >= 11 is 0. The summed E-state index contributed by atoms with van der Waals surface area (Å²) in [5.41, 5.74) is 7.38. The summed E-state index contributed by atoms with van der Waals surface area (Å²) in [5, 5.41) is 8.01. The zero-order chi connectivity index (χ0) is 13.4. The first kappa shape index (κ1) is 12.1. The quantitative estimate of drug-likeness (QED) is 0.909. The second-order valence-electron chi connectivity index (χ2n) is 4.85. The smallest absolute Gasteiger partial charge is 0.123 e. The molecule has 1 aromatic heterocycles. The van der Waals surface area contributed by atoms with Crippen molar-refractivity contribution in [3.8, 4) is 5.75 Å². The first-order valence-electron chi connectivity index (χ1n) is 6.22. The van der Waals surface area contributed by atoms with Crippen molar-refractivity contribution in [1.29, 1.82) is 0 Å². The van der Waals surface area contributed by atoms with Crippen molar-refractivity contribution in [2.45, 2.75) is 32.0 Å². The second kappa shape index (κ2) is 4.62. The summed E-state index contributed by atoms with van der Waals surface area (Å²) in [7, 11) is 0. The fourth-order valence-electron chi connectivity index (χ4n) is 2.21. The highest BCUT2D eigenvalue weighted by Crippen LogP contribution is 2.29. The third-order valence-electron chi connectivity index (χ3n) is 3.18. The highest BCUT2D eigenvalue weighted by Gasteiger charge is 2.24. The van der Waals surface area contributed by atoms with Crippen molar-refractivity contribution >= 4 is 0 Å². The van der Waals surface area contributed by atoms with Crippen LogP contribution >= 0.6 is 0 Å². The van der Waals surface area contributed by atoms with Gasteiger partial charge in [-0.1, -0.05) is 5.21 Å². The molecule has 0 saturated carbocycles. The molecule has 0 aliphatic carbocycles. The van der Waals surface area contributed by atoms with E-state index in [2.05, 4.69) is 10.3 Å². The van der Waals surface area contributed by atoms with Crippen LogP contribution in [0.1, 0.15) is 24.2 Å². The van der Waals surface area contributed by atoms with Crippen LogP contribution in [0.25, 0.3) is 0 Å². The average Bonchev–Trinajstić information content (AvgIpc) is 2.95. The first-order valence-corrected chi connectivity index (χ1v) is 6.22. The average molecular weight is 262 g/mol. The van der Waals surface area contributed by atoms with Gasteiger partial charge in [0.15, 0.2) is 0 Å². The molecule has 0 amide bonds. The Hall–Kier alpha value is -1.95. The molecule has 0 bridgehead atoms. The molecule has 2 unspecified atom stereocenters. The van der Waals surface area contributed by atoms with E-state index >= 15 is 0 Å². The van der Waals surface area contributed by atoms with E-state index < -0.39 is 0 Å². The van der Waals surface area contributed by atoms with Crippen molar-refractivity contribution in [3.05, 3.63) is 41.5 Å². The van der Waals surface area contributed by atoms with E-state index in [9.17, 15) is 4.39 Å². The number of benzene rings is 1. The Morgan fingerprint density at radius 2 is 2.42 bits per heavy atom. The van der Waals surface area contributed by atoms with Gasteiger partial charge in [-0.15, -0.1) is 5.10 Å². The summed E-state index contributed by atoms with van der Waals surface area (Å²) in [6.07, 6.45) is 2.46. The molecule has 6 heteroatoms. The lowest BCUT2D eigenvalue weighted by atomic mass is 10.1. The minimum atomic E-state index is -0.233. The Morgan fingerprint density at radius 1 is 1.58 bits per heavy atom. The third kappa shape index (κ3) is 2.44. The number of nitrogens with zero attached hydrogens (tertiary/aromatic N) is 3. The van der Waals surface area contributed by atoms with E-state index in [1.165, 1.54) is 12.1 Å². The van der Waals surface area contributed by atoms with Crippen LogP contribution in [0, 0.1) is 5.82 Å². The number of nitrogens with two attached hydrogens (primary N) is 1. The molecule has 1 aromatic carbocycles. The van der Waals surface area contributed by atoms with Gasteiger partial charge in [0.05, 0.1) is 18.4 Å². The first-order chi connectivity index (χ1) is 9.11. The zero-order valence-electron chi connectivity index (χ0n) is 10.6. The summed E-state index contributed by atoms with van der Waals surface area (Å²) in [5.74, 6) is 0.516. The molecule has 1 aliphatic heterocycles. The Labute approximate surface area is 110 Å². The monoisotopic (exact) mass is 262 g/mol. The van der Waals surface area contributed by atoms with E-state index in [0.717, 1.165) is 17.0 Å². The Balaban J connectivity index is 1.69. The summed E-state index contributed by atoms with van der Waals surface area (Å²) < 4.78 is 20.6. The van der Waals surface area contributed by atoms with E-state index in [1.807, 2.05) is 13.1 Å². The number of ether oxygens (including phenoxy) is 1. The molecule has 19 heavy (non-hydrogen) atoms. The predicted octanol–water partition coefficient (Wildman–Crippen LogP) is 1.44. The second-order valence-corrected chi connectivity index (χ2v) is 4.85. The van der Waals surface area contributed by atoms with Crippen molar-refractivity contribution in [1.82, 2.24) is 15.0 Å². The van der Waals surface area contributed by atoms with E-state index in [-0.39, 0.29) is 18.0 Å². The van der Waals surface area contributed by atoms with Gasteiger partial charge >= 0.3 is 0 Å². The molecule has 2 heterocycles. The van der Waals surface area contributed by atoms with E-state index in [1.54, 1.807) is 10.7 Å². The standard InChI is InChI=1S/C13H15FN4O/c1-8(15)12-7-18(17-16-12)6-11-5-9-4-10(14)2-3-13(9)19-11/h2-4,7-8,11H,5-6,15H2,1H3. The maximum absolute atomic E-state index is 13.1. The molecule has 0 fully saturated rings. The van der Waals surface area contributed by atoms with Crippen molar-refractivity contribution in [2.24, 2.45) is 5.73 Å². The Bertz CT molecular complexity index is 596. The van der Waals surface area contributed by atoms with Gasteiger partial charge in [-0.2, -0.15) is 0 Å². The molecule has 1 aliphatic rings. The van der Waals surface area contributed by atoms with E-state index in [4.69, 9.17) is 10.5 Å². The lowest BCUT2D eigenvalue weighted by molar-refractivity contribution is 0.202. The van der Waals surface area contributed by atoms with Gasteiger partial charge in [0.25, 0.3) is 0 Å². The minimum absolute atomic E-state index is 0.0422. The summed E-state index contributed by atoms with van der Waals surface area (Å²) in [6.45, 7) is 2.44. The van der Waals surface area contributed by atoms with Crippen LogP contribution in [-0.4, -0.2) is 21.1 Å². The maximum atomic E-state index is 13.1. The normalized spacial score (nSPS) is 19.0. The zero-order valence-corrected chi connectivity index (χ0v) is 10.6. The summed E-state index contributed by atoms with van der Waals surface area (Å²) in [4.78, 5) is 0. The molecule has 2 aromatic rings. The van der Waals surface area contributed by atoms with Crippen molar-refractivity contribution in [3.63, 3.8) is 0 Å². The maximum Gasteiger partial charge on any atom is 0.123 e. The van der Waals surface area contributed by atoms with Crippen LogP contribution in [0.2, 0.25) is 0 Å². The van der Waals surface area contributed by atoms with Crippen LogP contribution in [-0.2, 0) is 13.0 Å². The van der Waals surface area contributed by atoms with E-state index in [0.29, 0.717) is 13.0 Å². The summed E-state index contributed by atoms with van der Waals surface area (Å²) in [6, 6.07) is 4.46. The molecule has 2 N–H and O–H groups in total. The van der Waals surface area contributed by atoms with Gasteiger partial charge in [0.1, 0.15) is 17.7 Å². The molecular weight excluding hydrogens is 247 g/mol. The Kier molecular flexibility index (Phi) is 2.94. The molecular formula is C13H15FN4O. The molecule has 0 saturated heterocycles. The fourth-order valence-corrected chi connectivity index (χ4v) is 2.21. The number of hydrogen-bond acceptors (Lipinski definition) is 4. The lowest BCUT2D eigenvalue weighted by Gasteiger charge is -2.09. The Morgan fingerprint density at radius 3 is 3.16 bits per heavy atom. The van der Waals surface area contributed by atoms with Crippen LogP contribution in [0.4, 0.5) is 4.39 Å². The SMILES string of the molecule is CC(N)c1cn(CC2Cc3cc(F)ccc3O2)nn1. The number of fused-ring (bicyclic) bond motifs is 1. The topological polar surface area (TPSA) is 66.0 Å². The largest absolute Gasteiger partial charge is 0.488 e. The fraction of sp³-hybridized carbons (Fsp3) is 0.385. The molecule has 0 spiro atoms. The van der Waals surface area contributed by atoms with Gasteiger partial charge in [0, 0.05) is 18.0 Å². The molecule has 100 valence electrons. The van der Waals surface area contributed by atoms with Crippen molar-refractivity contribution < 1.29 is 9.13 Å². The highest BCUT2D eigenvalue weighted by atomic mass is 19.1. The highest BCUT2D eigenvalue weighted by molar-refractivity contribution is 5.37. The van der Waals surface area contributed by atoms with Gasteiger partial charge in [-0.25, -0.2) is 9.07 Å². The lowest BCUT2D eigenvalue weighted by Crippen LogP contribution is -2.21. The number of aromatic nitrogens is 3. The molecule has 0 radical (unpaired) electrons. The van der Waals surface area contributed by atoms with Crippen LogP contribution in [0.15, 0.2) is 24.4 Å². The number of hydrogen-bond donors (Lipinski definition) is 1. The van der Waals surface area contributed by atoms with Crippen LogP contribution < -0.4 is 10.5 Å². The van der Waals surface area contributed by atoms with Gasteiger partial charge in [-0.05, 0) is 25.1 Å². The molecule has 2 atom stereocenters. The van der Waals surface area contributed by atoms with Gasteiger partial charge in [-0.3, -0.25) is 0 Å². The molecule has 3 rings (SSSR count). The minimum Gasteiger partial charge on any atom is -0.488 e. The van der Waals surface area contributed by atoms with Crippen LogP contribution in [0.3, 0.4) is 0 Å². The van der Waals surface area contributed by atoms with Gasteiger partial charge < -0.3 is 10.5 Å². The number of rotatable bonds is 3. The third-order valence-corrected chi connectivity index (χ3v) is 3.18. The number of halogens is 1. The molecule has 5 nitrogen and oxygen atoms in total. The van der Waals surface area contributed by atoms with Crippen molar-refractivity contribution in [2.75, 3.05) is 0 Å².